The highest BCUT2D eigenvalue weighted by Gasteiger charge is 2.50. The highest BCUT2D eigenvalue weighted by molar-refractivity contribution is 5.20. The third-order valence-electron chi connectivity index (χ3n) is 3.74. The lowest BCUT2D eigenvalue weighted by Gasteiger charge is -2.36. The van der Waals surface area contributed by atoms with Crippen LogP contribution >= 0.6 is 0 Å². The third kappa shape index (κ3) is 0.574. The van der Waals surface area contributed by atoms with E-state index in [9.17, 15) is 0 Å². The van der Waals surface area contributed by atoms with Gasteiger partial charge in [-0.25, -0.2) is 0 Å². The van der Waals surface area contributed by atoms with Gasteiger partial charge in [0.05, 0.1) is 0 Å². The van der Waals surface area contributed by atoms with Crippen molar-refractivity contribution in [1.29, 1.82) is 0 Å². The van der Waals surface area contributed by atoms with Crippen molar-refractivity contribution in [1.82, 2.24) is 0 Å². The molecule has 1 fully saturated rings. The van der Waals surface area contributed by atoms with Gasteiger partial charge in [-0.05, 0) is 29.6 Å². The van der Waals surface area contributed by atoms with E-state index in [1.54, 1.807) is 0 Å². The zero-order valence-electron chi connectivity index (χ0n) is 7.15. The topological polar surface area (TPSA) is 0 Å². The second-order valence-corrected chi connectivity index (χ2v) is 4.83. The van der Waals surface area contributed by atoms with E-state index >= 15 is 0 Å². The SMILES string of the molecule is CC1(C)CC2C=CC1(C)C2. The largest absolute Gasteiger partial charge is 0.0848 e. The molecule has 56 valence electrons. The van der Waals surface area contributed by atoms with Gasteiger partial charge in [-0.2, -0.15) is 0 Å². The molecule has 0 aromatic rings. The first-order chi connectivity index (χ1) is 4.54. The van der Waals surface area contributed by atoms with Gasteiger partial charge in [0.1, 0.15) is 0 Å². The Bertz CT molecular complexity index is 188. The van der Waals surface area contributed by atoms with E-state index < -0.39 is 0 Å². The van der Waals surface area contributed by atoms with Crippen molar-refractivity contribution in [3.8, 4) is 0 Å². The van der Waals surface area contributed by atoms with E-state index in [0.29, 0.717) is 10.8 Å². The Morgan fingerprint density at radius 3 is 2.10 bits per heavy atom. The molecule has 2 aliphatic rings. The Morgan fingerprint density at radius 2 is 1.90 bits per heavy atom. The summed E-state index contributed by atoms with van der Waals surface area (Å²) in [6, 6.07) is 0. The molecule has 2 bridgehead atoms. The van der Waals surface area contributed by atoms with Crippen molar-refractivity contribution in [2.45, 2.75) is 33.6 Å². The molecule has 2 rings (SSSR count). The van der Waals surface area contributed by atoms with Crippen LogP contribution in [0, 0.1) is 16.7 Å². The van der Waals surface area contributed by atoms with Crippen molar-refractivity contribution < 1.29 is 0 Å². The molecule has 0 radical (unpaired) electrons. The molecule has 10 heavy (non-hydrogen) atoms. The van der Waals surface area contributed by atoms with Crippen LogP contribution in [0.2, 0.25) is 0 Å². The first-order valence-corrected chi connectivity index (χ1v) is 4.23. The summed E-state index contributed by atoms with van der Waals surface area (Å²) in [5.41, 5.74) is 1.09. The number of fused-ring (bicyclic) bond motifs is 2. The predicted octanol–water partition coefficient (Wildman–Crippen LogP) is 3.00. The van der Waals surface area contributed by atoms with Crippen molar-refractivity contribution in [2.75, 3.05) is 0 Å². The average Bonchev–Trinajstić information content (AvgIpc) is 2.18. The second kappa shape index (κ2) is 1.49. The molecule has 0 spiro atoms. The normalized spacial score (nSPS) is 48.5. The number of allylic oxidation sites excluding steroid dienone is 2. The van der Waals surface area contributed by atoms with Crippen molar-refractivity contribution >= 4 is 0 Å². The molecule has 0 aromatic carbocycles. The molecule has 2 aliphatic carbocycles. The number of rotatable bonds is 0. The zero-order valence-corrected chi connectivity index (χ0v) is 7.15. The summed E-state index contributed by atoms with van der Waals surface area (Å²) in [5, 5.41) is 0. The Hall–Kier alpha value is -0.260. The van der Waals surface area contributed by atoms with Gasteiger partial charge in [0.2, 0.25) is 0 Å². The van der Waals surface area contributed by atoms with E-state index in [0.717, 1.165) is 5.92 Å². The smallest absolute Gasteiger partial charge is 0.00895 e. The summed E-state index contributed by atoms with van der Waals surface area (Å²) in [7, 11) is 0. The summed E-state index contributed by atoms with van der Waals surface area (Å²) in [6.45, 7) is 7.20. The van der Waals surface area contributed by atoms with Gasteiger partial charge in [0, 0.05) is 0 Å². The molecule has 0 heteroatoms. The third-order valence-corrected chi connectivity index (χ3v) is 3.74. The molecule has 0 saturated heterocycles. The van der Waals surface area contributed by atoms with Crippen molar-refractivity contribution in [2.24, 2.45) is 16.7 Å². The summed E-state index contributed by atoms with van der Waals surface area (Å²) in [6.07, 6.45) is 7.65. The molecular formula is C10H16. The van der Waals surface area contributed by atoms with Crippen LogP contribution < -0.4 is 0 Å². The maximum Gasteiger partial charge on any atom is -0.00895 e. The van der Waals surface area contributed by atoms with Crippen LogP contribution in [0.4, 0.5) is 0 Å². The fraction of sp³-hybridized carbons (Fsp3) is 0.800. The maximum atomic E-state index is 2.43. The van der Waals surface area contributed by atoms with Gasteiger partial charge in [0.15, 0.2) is 0 Å². The molecule has 2 unspecified atom stereocenters. The summed E-state index contributed by atoms with van der Waals surface area (Å²) < 4.78 is 0. The average molecular weight is 136 g/mol. The Morgan fingerprint density at radius 1 is 1.20 bits per heavy atom. The molecule has 0 aromatic heterocycles. The van der Waals surface area contributed by atoms with Gasteiger partial charge >= 0.3 is 0 Å². The van der Waals surface area contributed by atoms with Crippen molar-refractivity contribution in [3.05, 3.63) is 12.2 Å². The molecule has 0 aliphatic heterocycles. The van der Waals surface area contributed by atoms with Gasteiger partial charge in [-0.1, -0.05) is 32.9 Å². The Labute approximate surface area is 63.3 Å². The minimum Gasteiger partial charge on any atom is -0.0848 e. The predicted molar refractivity (Wildman–Crippen MR) is 43.8 cm³/mol. The number of hydrogen-bond acceptors (Lipinski definition) is 0. The molecular weight excluding hydrogens is 120 g/mol. The maximum absolute atomic E-state index is 2.43. The molecule has 0 N–H and O–H groups in total. The first kappa shape index (κ1) is 6.45. The minimum atomic E-state index is 0.525. The van der Waals surface area contributed by atoms with Crippen molar-refractivity contribution in [3.63, 3.8) is 0 Å². The molecule has 0 nitrogen and oxygen atoms in total. The van der Waals surface area contributed by atoms with Crippen LogP contribution in [0.25, 0.3) is 0 Å². The lowest BCUT2D eigenvalue weighted by molar-refractivity contribution is 0.190. The van der Waals surface area contributed by atoms with E-state index in [-0.39, 0.29) is 0 Å². The van der Waals surface area contributed by atoms with E-state index in [1.165, 1.54) is 12.8 Å². The summed E-state index contributed by atoms with van der Waals surface area (Å²) in [4.78, 5) is 0. The summed E-state index contributed by atoms with van der Waals surface area (Å²) in [5.74, 6) is 0.903. The lowest BCUT2D eigenvalue weighted by atomic mass is 9.69. The van der Waals surface area contributed by atoms with E-state index in [2.05, 4.69) is 32.9 Å². The highest BCUT2D eigenvalue weighted by Crippen LogP contribution is 2.59. The van der Waals surface area contributed by atoms with E-state index in [1.807, 2.05) is 0 Å². The van der Waals surface area contributed by atoms with Gasteiger partial charge in [0.25, 0.3) is 0 Å². The molecule has 0 heterocycles. The van der Waals surface area contributed by atoms with Crippen LogP contribution in [0.5, 0.6) is 0 Å². The van der Waals surface area contributed by atoms with Crippen LogP contribution in [-0.2, 0) is 0 Å². The van der Waals surface area contributed by atoms with Crippen LogP contribution in [0.1, 0.15) is 33.6 Å². The molecule has 1 saturated carbocycles. The van der Waals surface area contributed by atoms with E-state index in [4.69, 9.17) is 0 Å². The van der Waals surface area contributed by atoms with Crippen LogP contribution in [-0.4, -0.2) is 0 Å². The van der Waals surface area contributed by atoms with Crippen LogP contribution in [0.15, 0.2) is 12.2 Å². The van der Waals surface area contributed by atoms with Gasteiger partial charge < -0.3 is 0 Å². The fourth-order valence-corrected chi connectivity index (χ4v) is 2.56. The van der Waals surface area contributed by atoms with Gasteiger partial charge in [-0.3, -0.25) is 0 Å². The second-order valence-electron chi connectivity index (χ2n) is 4.83. The summed E-state index contributed by atoms with van der Waals surface area (Å²) >= 11 is 0. The quantitative estimate of drug-likeness (QED) is 0.449. The monoisotopic (exact) mass is 136 g/mol. The first-order valence-electron chi connectivity index (χ1n) is 4.23. The number of hydrogen-bond donors (Lipinski definition) is 0. The lowest BCUT2D eigenvalue weighted by Crippen LogP contribution is -2.27. The standard InChI is InChI=1S/C10H16/c1-9(2)6-8-4-5-10(9,3)7-8/h4-5,8H,6-7H2,1-3H3. The Balaban J connectivity index is 2.41. The van der Waals surface area contributed by atoms with Gasteiger partial charge in [-0.15, -0.1) is 0 Å². The molecule has 0 amide bonds. The van der Waals surface area contributed by atoms with Crippen LogP contribution in [0.3, 0.4) is 0 Å². The molecule has 2 atom stereocenters. The zero-order chi connectivity index (χ0) is 7.41. The highest BCUT2D eigenvalue weighted by atomic mass is 14.5. The minimum absolute atomic E-state index is 0.525. The Kier molecular flexibility index (Phi) is 0.962. The fourth-order valence-electron chi connectivity index (χ4n) is 2.56.